The zero-order valence-corrected chi connectivity index (χ0v) is 9.34. The summed E-state index contributed by atoms with van der Waals surface area (Å²) in [6.07, 6.45) is -0.701. The van der Waals surface area contributed by atoms with Gasteiger partial charge in [-0.2, -0.15) is 4.98 Å². The van der Waals surface area contributed by atoms with E-state index >= 15 is 0 Å². The van der Waals surface area contributed by atoms with Crippen molar-refractivity contribution in [1.29, 1.82) is 0 Å². The number of aliphatic hydroxyl groups is 1. The topological polar surface area (TPSA) is 152 Å². The van der Waals surface area contributed by atoms with Crippen LogP contribution in [0.3, 0.4) is 0 Å². The summed E-state index contributed by atoms with van der Waals surface area (Å²) >= 11 is 0. The van der Waals surface area contributed by atoms with Crippen molar-refractivity contribution in [2.24, 2.45) is 11.5 Å². The Hall–Kier alpha value is -2.00. The lowest BCUT2D eigenvalue weighted by Crippen LogP contribution is -2.28. The van der Waals surface area contributed by atoms with E-state index in [9.17, 15) is 9.90 Å². The summed E-state index contributed by atoms with van der Waals surface area (Å²) in [5, 5.41) is 21.9. The Morgan fingerprint density at radius 3 is 2.76 bits per heavy atom. The van der Waals surface area contributed by atoms with Gasteiger partial charge in [-0.3, -0.25) is 4.79 Å². The van der Waals surface area contributed by atoms with Crippen LogP contribution in [0.25, 0.3) is 0 Å². The molecule has 9 heteroatoms. The van der Waals surface area contributed by atoms with E-state index in [1.807, 2.05) is 0 Å². The Balaban J connectivity index is 2.79. The molecule has 1 amide bonds. The average Bonchev–Trinajstić information content (AvgIpc) is 2.35. The number of nitrogens with two attached hydrogens (primary N) is 2. The molecule has 1 rings (SSSR count). The van der Waals surface area contributed by atoms with Crippen molar-refractivity contribution in [3.8, 4) is 0 Å². The van der Waals surface area contributed by atoms with Crippen LogP contribution in [-0.4, -0.2) is 52.4 Å². The number of primary amides is 1. The Morgan fingerprint density at radius 2 is 2.24 bits per heavy atom. The van der Waals surface area contributed by atoms with Gasteiger partial charge in [-0.1, -0.05) is 0 Å². The normalized spacial score (nSPS) is 11.9. The molecule has 94 valence electrons. The minimum Gasteiger partial charge on any atom is -0.390 e. The number of aromatic nitrogens is 3. The Labute approximate surface area is 97.6 Å². The molecule has 7 N–H and O–H groups in total. The maximum absolute atomic E-state index is 11.0. The number of nitrogens with one attached hydrogen (secondary N) is 2. The van der Waals surface area contributed by atoms with Gasteiger partial charge in [0.15, 0.2) is 11.5 Å². The van der Waals surface area contributed by atoms with Crippen molar-refractivity contribution in [1.82, 2.24) is 15.2 Å². The van der Waals surface area contributed by atoms with Gasteiger partial charge in [0.05, 0.1) is 6.10 Å². The van der Waals surface area contributed by atoms with Gasteiger partial charge in [0.2, 0.25) is 5.95 Å². The molecule has 1 aromatic heterocycles. The highest BCUT2D eigenvalue weighted by atomic mass is 16.3. The molecule has 0 aromatic carbocycles. The lowest BCUT2D eigenvalue weighted by Gasteiger charge is -2.10. The van der Waals surface area contributed by atoms with E-state index < -0.39 is 12.0 Å². The summed E-state index contributed by atoms with van der Waals surface area (Å²) < 4.78 is 0. The van der Waals surface area contributed by atoms with E-state index in [1.165, 1.54) is 0 Å². The van der Waals surface area contributed by atoms with Crippen LogP contribution in [0, 0.1) is 0 Å². The van der Waals surface area contributed by atoms with Crippen LogP contribution >= 0.6 is 0 Å². The molecule has 0 saturated carbocycles. The minimum absolute atomic E-state index is 0.0441. The van der Waals surface area contributed by atoms with Gasteiger partial charge in [-0.25, -0.2) is 0 Å². The van der Waals surface area contributed by atoms with E-state index in [2.05, 4.69) is 25.8 Å². The second-order valence-corrected chi connectivity index (χ2v) is 3.22. The molecule has 0 bridgehead atoms. The zero-order chi connectivity index (χ0) is 12.8. The van der Waals surface area contributed by atoms with Gasteiger partial charge < -0.3 is 27.2 Å². The van der Waals surface area contributed by atoms with Crippen molar-refractivity contribution in [2.75, 3.05) is 30.8 Å². The average molecular weight is 241 g/mol. The molecule has 0 radical (unpaired) electrons. The third-order valence-corrected chi connectivity index (χ3v) is 1.92. The highest BCUT2D eigenvalue weighted by Crippen LogP contribution is 2.09. The van der Waals surface area contributed by atoms with Crippen LogP contribution in [0.5, 0.6) is 0 Å². The second-order valence-electron chi connectivity index (χ2n) is 3.22. The highest BCUT2D eigenvalue weighted by molar-refractivity contribution is 5.95. The first kappa shape index (κ1) is 13.1. The quantitative estimate of drug-likeness (QED) is 0.374. The fourth-order valence-electron chi connectivity index (χ4n) is 1.03. The van der Waals surface area contributed by atoms with Crippen LogP contribution < -0.4 is 22.1 Å². The molecule has 1 atom stereocenters. The van der Waals surface area contributed by atoms with Crippen molar-refractivity contribution in [3.63, 3.8) is 0 Å². The Morgan fingerprint density at radius 1 is 1.53 bits per heavy atom. The van der Waals surface area contributed by atoms with E-state index in [4.69, 9.17) is 11.5 Å². The number of hydrogen-bond donors (Lipinski definition) is 5. The molecule has 0 saturated heterocycles. The molecule has 1 heterocycles. The van der Waals surface area contributed by atoms with Crippen molar-refractivity contribution in [2.45, 2.75) is 6.10 Å². The molecule has 1 aromatic rings. The van der Waals surface area contributed by atoms with E-state index in [0.29, 0.717) is 0 Å². The monoisotopic (exact) mass is 241 g/mol. The summed E-state index contributed by atoms with van der Waals surface area (Å²) in [5.41, 5.74) is 10.3. The molecule has 17 heavy (non-hydrogen) atoms. The lowest BCUT2D eigenvalue weighted by molar-refractivity contribution is 0.0995. The molecular weight excluding hydrogens is 226 g/mol. The molecule has 1 unspecified atom stereocenters. The summed E-state index contributed by atoms with van der Waals surface area (Å²) in [6, 6.07) is 0. The zero-order valence-electron chi connectivity index (χ0n) is 9.34. The van der Waals surface area contributed by atoms with Crippen LogP contribution in [0.15, 0.2) is 0 Å². The molecule has 0 spiro atoms. The molecule has 0 aliphatic rings. The predicted molar refractivity (Wildman–Crippen MR) is 61.4 cm³/mol. The van der Waals surface area contributed by atoms with Gasteiger partial charge in [-0.05, 0) is 0 Å². The Kier molecular flexibility index (Phi) is 4.55. The first-order valence-electron chi connectivity index (χ1n) is 4.92. The summed E-state index contributed by atoms with van der Waals surface area (Å²) in [4.78, 5) is 14.9. The lowest BCUT2D eigenvalue weighted by atomic mass is 10.3. The molecule has 0 aliphatic heterocycles. The van der Waals surface area contributed by atoms with Gasteiger partial charge in [0, 0.05) is 20.1 Å². The fraction of sp³-hybridized carbons (Fsp3) is 0.500. The first-order chi connectivity index (χ1) is 8.08. The third kappa shape index (κ3) is 3.50. The highest BCUT2D eigenvalue weighted by Gasteiger charge is 2.13. The predicted octanol–water partition coefficient (Wildman–Crippen LogP) is -2.26. The minimum atomic E-state index is -0.720. The number of carbonyl (C=O) groups excluding carboxylic acids is 1. The van der Waals surface area contributed by atoms with Crippen molar-refractivity contribution in [3.05, 3.63) is 5.69 Å². The molecular formula is C8H15N7O2. The number of anilines is 2. The first-order valence-corrected chi connectivity index (χ1v) is 4.92. The summed E-state index contributed by atoms with van der Waals surface area (Å²) in [7, 11) is 1.58. The van der Waals surface area contributed by atoms with Gasteiger partial charge in [-0.15, -0.1) is 10.2 Å². The second kappa shape index (κ2) is 5.92. The number of nitrogens with zero attached hydrogens (tertiary/aromatic N) is 3. The Bertz CT molecular complexity index is 397. The smallest absolute Gasteiger partial charge is 0.273 e. The van der Waals surface area contributed by atoms with Gasteiger partial charge >= 0.3 is 0 Å². The van der Waals surface area contributed by atoms with Crippen LogP contribution in [0.2, 0.25) is 0 Å². The van der Waals surface area contributed by atoms with E-state index in [0.717, 1.165) is 0 Å². The van der Waals surface area contributed by atoms with Crippen molar-refractivity contribution >= 4 is 17.7 Å². The SMILES string of the molecule is CNc1nc(NCC(O)CN)nnc1C(N)=O. The molecule has 0 aliphatic carbocycles. The summed E-state index contributed by atoms with van der Waals surface area (Å²) in [6.45, 7) is 0.315. The number of carbonyl (C=O) groups is 1. The summed E-state index contributed by atoms with van der Waals surface area (Å²) in [5.74, 6) is -0.327. The number of aliphatic hydroxyl groups excluding tert-OH is 1. The van der Waals surface area contributed by atoms with Gasteiger partial charge in [0.25, 0.3) is 5.91 Å². The number of hydrogen-bond acceptors (Lipinski definition) is 8. The largest absolute Gasteiger partial charge is 0.390 e. The molecule has 0 fully saturated rings. The number of rotatable bonds is 6. The maximum atomic E-state index is 11.0. The van der Waals surface area contributed by atoms with Crippen molar-refractivity contribution < 1.29 is 9.90 Å². The maximum Gasteiger partial charge on any atom is 0.273 e. The number of amides is 1. The molecule has 9 nitrogen and oxygen atoms in total. The standard InChI is InChI=1S/C8H15N7O2/c1-11-7-5(6(10)17)14-15-8(13-7)12-3-4(16)2-9/h4,16H,2-3,9H2,1H3,(H2,10,17)(H2,11,12,13,15). The van der Waals surface area contributed by atoms with Gasteiger partial charge in [0.1, 0.15) is 0 Å². The van der Waals surface area contributed by atoms with Crippen LogP contribution in [0.1, 0.15) is 10.5 Å². The van der Waals surface area contributed by atoms with Crippen LogP contribution in [-0.2, 0) is 0 Å². The van der Waals surface area contributed by atoms with Crippen LogP contribution in [0.4, 0.5) is 11.8 Å². The van der Waals surface area contributed by atoms with E-state index in [-0.39, 0.29) is 30.5 Å². The third-order valence-electron chi connectivity index (χ3n) is 1.92. The van der Waals surface area contributed by atoms with E-state index in [1.54, 1.807) is 7.05 Å². The fourth-order valence-corrected chi connectivity index (χ4v) is 1.03.